The second-order valence-electron chi connectivity index (χ2n) is 6.49. The number of hydrogen-bond acceptors (Lipinski definition) is 3. The van der Waals surface area contributed by atoms with Gasteiger partial charge in [-0.3, -0.25) is 4.79 Å². The number of anilines is 2. The van der Waals surface area contributed by atoms with Crippen LogP contribution in [0.4, 0.5) is 16.2 Å². The SMILES string of the molecule is Cn1cccc1[C@@H]1CCCN1C(=O)Nc1cc2c(cc1Cl)NC(=O)CO2. The largest absolute Gasteiger partial charge is 0.482 e. The van der Waals surface area contributed by atoms with Crippen LogP contribution in [-0.4, -0.2) is 34.6 Å². The number of aromatic nitrogens is 1. The van der Waals surface area contributed by atoms with E-state index in [4.69, 9.17) is 16.3 Å². The van der Waals surface area contributed by atoms with Crippen LogP contribution in [0.5, 0.6) is 5.75 Å². The quantitative estimate of drug-likeness (QED) is 0.846. The van der Waals surface area contributed by atoms with E-state index in [2.05, 4.69) is 10.6 Å². The molecule has 4 rings (SSSR count). The third-order valence-electron chi connectivity index (χ3n) is 4.78. The van der Waals surface area contributed by atoms with Gasteiger partial charge in [-0.15, -0.1) is 0 Å². The lowest BCUT2D eigenvalue weighted by Crippen LogP contribution is -2.35. The molecule has 0 radical (unpaired) electrons. The van der Waals surface area contributed by atoms with Crippen molar-refractivity contribution in [1.29, 1.82) is 0 Å². The minimum absolute atomic E-state index is 0.0435. The molecule has 1 aromatic heterocycles. The van der Waals surface area contributed by atoms with Crippen LogP contribution < -0.4 is 15.4 Å². The van der Waals surface area contributed by atoms with Gasteiger partial charge in [-0.1, -0.05) is 11.6 Å². The molecule has 3 heterocycles. The summed E-state index contributed by atoms with van der Waals surface area (Å²) in [7, 11) is 1.98. The van der Waals surface area contributed by atoms with Gasteiger partial charge in [0.25, 0.3) is 5.91 Å². The van der Waals surface area contributed by atoms with Crippen molar-refractivity contribution in [1.82, 2.24) is 9.47 Å². The normalized spacial score (nSPS) is 18.9. The zero-order valence-electron chi connectivity index (χ0n) is 14.3. The molecule has 136 valence electrons. The average molecular weight is 375 g/mol. The molecular weight excluding hydrogens is 356 g/mol. The molecule has 0 bridgehead atoms. The third kappa shape index (κ3) is 2.99. The highest BCUT2D eigenvalue weighted by Crippen LogP contribution is 2.37. The Kier molecular flexibility index (Phi) is 4.24. The molecular formula is C18H19ClN4O3. The number of fused-ring (bicyclic) bond motifs is 1. The topological polar surface area (TPSA) is 75.6 Å². The van der Waals surface area contributed by atoms with Gasteiger partial charge in [0.15, 0.2) is 6.61 Å². The van der Waals surface area contributed by atoms with Crippen LogP contribution in [-0.2, 0) is 11.8 Å². The van der Waals surface area contributed by atoms with E-state index in [0.29, 0.717) is 28.7 Å². The lowest BCUT2D eigenvalue weighted by molar-refractivity contribution is -0.118. The van der Waals surface area contributed by atoms with Crippen LogP contribution in [0.3, 0.4) is 0 Å². The van der Waals surface area contributed by atoms with Gasteiger partial charge in [-0.05, 0) is 31.0 Å². The molecule has 0 aliphatic carbocycles. The molecule has 0 spiro atoms. The highest BCUT2D eigenvalue weighted by atomic mass is 35.5. The molecule has 7 nitrogen and oxygen atoms in total. The molecule has 2 aliphatic rings. The summed E-state index contributed by atoms with van der Waals surface area (Å²) in [5.41, 5.74) is 2.08. The highest BCUT2D eigenvalue weighted by Gasteiger charge is 2.32. The summed E-state index contributed by atoms with van der Waals surface area (Å²) in [5.74, 6) is 0.262. The van der Waals surface area contributed by atoms with Gasteiger partial charge in [-0.2, -0.15) is 0 Å². The van der Waals surface area contributed by atoms with Crippen LogP contribution in [0.1, 0.15) is 24.6 Å². The van der Waals surface area contributed by atoms with Crippen molar-refractivity contribution in [2.24, 2.45) is 7.05 Å². The predicted octanol–water partition coefficient (Wildman–Crippen LogP) is 3.38. The Labute approximate surface area is 155 Å². The summed E-state index contributed by atoms with van der Waals surface area (Å²) in [5, 5.41) is 5.92. The second-order valence-corrected chi connectivity index (χ2v) is 6.90. The first kappa shape index (κ1) is 16.8. The molecule has 2 aromatic rings. The summed E-state index contributed by atoms with van der Waals surface area (Å²) >= 11 is 6.28. The van der Waals surface area contributed by atoms with Crippen LogP contribution in [0.2, 0.25) is 5.02 Å². The van der Waals surface area contributed by atoms with Gasteiger partial charge in [0, 0.05) is 31.5 Å². The first-order valence-corrected chi connectivity index (χ1v) is 8.86. The Bertz CT molecular complexity index is 879. The summed E-state index contributed by atoms with van der Waals surface area (Å²) in [6.07, 6.45) is 3.87. The van der Waals surface area contributed by atoms with Crippen LogP contribution in [0, 0.1) is 0 Å². The van der Waals surface area contributed by atoms with Crippen molar-refractivity contribution in [2.75, 3.05) is 23.8 Å². The van der Waals surface area contributed by atoms with Gasteiger partial charge < -0.3 is 24.8 Å². The smallest absolute Gasteiger partial charge is 0.322 e. The molecule has 26 heavy (non-hydrogen) atoms. The van der Waals surface area contributed by atoms with Gasteiger partial charge in [0.05, 0.1) is 22.4 Å². The fourth-order valence-electron chi connectivity index (χ4n) is 3.52. The first-order valence-electron chi connectivity index (χ1n) is 8.48. The number of carbonyl (C=O) groups is 2. The van der Waals surface area contributed by atoms with Crippen molar-refractivity contribution in [2.45, 2.75) is 18.9 Å². The number of benzene rings is 1. The minimum atomic E-state index is -0.229. The zero-order valence-corrected chi connectivity index (χ0v) is 15.0. The third-order valence-corrected chi connectivity index (χ3v) is 5.10. The molecule has 8 heteroatoms. The van der Waals surface area contributed by atoms with Crippen molar-refractivity contribution in [3.05, 3.63) is 41.2 Å². The molecule has 1 saturated heterocycles. The molecule has 1 fully saturated rings. The number of urea groups is 1. The van der Waals surface area contributed by atoms with E-state index in [1.54, 1.807) is 12.1 Å². The molecule has 0 unspecified atom stereocenters. The van der Waals surface area contributed by atoms with E-state index in [1.165, 1.54) is 0 Å². The van der Waals surface area contributed by atoms with Gasteiger partial charge in [-0.25, -0.2) is 4.79 Å². The van der Waals surface area contributed by atoms with Gasteiger partial charge in [0.1, 0.15) is 5.75 Å². The van der Waals surface area contributed by atoms with E-state index < -0.39 is 0 Å². The number of likely N-dealkylation sites (tertiary alicyclic amines) is 1. The van der Waals surface area contributed by atoms with E-state index in [-0.39, 0.29) is 24.6 Å². The van der Waals surface area contributed by atoms with Gasteiger partial charge >= 0.3 is 6.03 Å². The fourth-order valence-corrected chi connectivity index (χ4v) is 3.73. The molecule has 3 amide bonds. The zero-order chi connectivity index (χ0) is 18.3. The maximum Gasteiger partial charge on any atom is 0.322 e. The lowest BCUT2D eigenvalue weighted by atomic mass is 10.1. The molecule has 2 aliphatic heterocycles. The number of carbonyl (C=O) groups excluding carboxylic acids is 2. The predicted molar refractivity (Wildman–Crippen MR) is 98.7 cm³/mol. The Balaban J connectivity index is 1.55. The monoisotopic (exact) mass is 374 g/mol. The molecule has 1 atom stereocenters. The van der Waals surface area contributed by atoms with Crippen LogP contribution in [0.15, 0.2) is 30.5 Å². The van der Waals surface area contributed by atoms with Gasteiger partial charge in [0.2, 0.25) is 0 Å². The van der Waals surface area contributed by atoms with Crippen LogP contribution >= 0.6 is 11.6 Å². The van der Waals surface area contributed by atoms with Crippen molar-refractivity contribution in [3.63, 3.8) is 0 Å². The number of aryl methyl sites for hydroxylation is 1. The van der Waals surface area contributed by atoms with Crippen molar-refractivity contribution >= 4 is 34.9 Å². The van der Waals surface area contributed by atoms with Crippen molar-refractivity contribution < 1.29 is 14.3 Å². The first-order chi connectivity index (χ1) is 12.5. The number of rotatable bonds is 2. The number of ether oxygens (including phenoxy) is 1. The summed E-state index contributed by atoms with van der Waals surface area (Å²) < 4.78 is 7.44. The Morgan fingerprint density at radius 3 is 3.04 bits per heavy atom. The number of hydrogen-bond donors (Lipinski definition) is 2. The molecule has 0 saturated carbocycles. The second kappa shape index (κ2) is 6.57. The van der Waals surface area contributed by atoms with Crippen LogP contribution in [0.25, 0.3) is 0 Å². The van der Waals surface area contributed by atoms with E-state index in [0.717, 1.165) is 18.5 Å². The lowest BCUT2D eigenvalue weighted by Gasteiger charge is -2.26. The standard InChI is InChI=1S/C18H19ClN4O3/c1-22-6-2-4-14(22)15-5-3-7-23(15)18(25)21-12-9-16-13(8-11(12)19)20-17(24)10-26-16/h2,4,6,8-9,15H,3,5,7,10H2,1H3,(H,20,24)(H,21,25)/t15-/m0/s1. The maximum atomic E-state index is 12.8. The number of nitrogens with one attached hydrogen (secondary N) is 2. The maximum absolute atomic E-state index is 12.8. The fraction of sp³-hybridized carbons (Fsp3) is 0.333. The number of amides is 3. The van der Waals surface area contributed by atoms with E-state index in [9.17, 15) is 9.59 Å². The Morgan fingerprint density at radius 2 is 2.27 bits per heavy atom. The molecule has 2 N–H and O–H groups in total. The minimum Gasteiger partial charge on any atom is -0.482 e. The Hall–Kier alpha value is -2.67. The van der Waals surface area contributed by atoms with E-state index in [1.807, 2.05) is 34.8 Å². The van der Waals surface area contributed by atoms with Crippen molar-refractivity contribution in [3.8, 4) is 5.75 Å². The Morgan fingerprint density at radius 1 is 1.42 bits per heavy atom. The number of halogens is 1. The summed E-state index contributed by atoms with van der Waals surface area (Å²) in [6, 6.07) is 7.09. The summed E-state index contributed by atoms with van der Waals surface area (Å²) in [6.45, 7) is 0.639. The highest BCUT2D eigenvalue weighted by molar-refractivity contribution is 6.34. The average Bonchev–Trinajstić information content (AvgIpc) is 3.24. The molecule has 1 aromatic carbocycles. The number of nitrogens with zero attached hydrogens (tertiary/aromatic N) is 2. The summed E-state index contributed by atoms with van der Waals surface area (Å²) in [4.78, 5) is 26.1. The van der Waals surface area contributed by atoms with E-state index >= 15 is 0 Å².